The highest BCUT2D eigenvalue weighted by atomic mass is 32.2. The third-order valence-electron chi connectivity index (χ3n) is 3.50. The summed E-state index contributed by atoms with van der Waals surface area (Å²) in [5.74, 6) is 3.32. The van der Waals surface area contributed by atoms with Crippen molar-refractivity contribution in [3.8, 4) is 11.5 Å². The zero-order valence-electron chi connectivity index (χ0n) is 13.3. The zero-order valence-corrected chi connectivity index (χ0v) is 14.1. The third-order valence-corrected chi connectivity index (χ3v) is 4.72. The number of nitrogens with zero attached hydrogens (tertiary/aromatic N) is 1. The Bertz CT molecular complexity index is 727. The molecule has 1 saturated heterocycles. The van der Waals surface area contributed by atoms with Gasteiger partial charge in [-0.25, -0.2) is 5.43 Å². The molecular formula is C18H18N2O3S. The number of hydrogen-bond acceptors (Lipinski definition) is 5. The summed E-state index contributed by atoms with van der Waals surface area (Å²) in [5.41, 5.74) is 3.88. The van der Waals surface area contributed by atoms with Crippen molar-refractivity contribution in [3.05, 3.63) is 59.7 Å². The molecule has 124 valence electrons. The number of rotatable bonds is 6. The summed E-state index contributed by atoms with van der Waals surface area (Å²) in [6.07, 6.45) is 1.93. The van der Waals surface area contributed by atoms with Gasteiger partial charge >= 0.3 is 0 Å². The van der Waals surface area contributed by atoms with Gasteiger partial charge in [0, 0.05) is 17.1 Å². The van der Waals surface area contributed by atoms with Gasteiger partial charge in [-0.2, -0.15) is 16.9 Å². The predicted octanol–water partition coefficient (Wildman–Crippen LogP) is 2.95. The van der Waals surface area contributed by atoms with E-state index >= 15 is 0 Å². The third kappa shape index (κ3) is 4.29. The van der Waals surface area contributed by atoms with Crippen LogP contribution in [0.4, 0.5) is 0 Å². The summed E-state index contributed by atoms with van der Waals surface area (Å²) in [7, 11) is 1.56. The summed E-state index contributed by atoms with van der Waals surface area (Å²) in [6.45, 7) is 0. The Morgan fingerprint density at radius 3 is 2.67 bits per heavy atom. The number of hydrazone groups is 1. The number of hydrogen-bond donors (Lipinski definition) is 1. The minimum atomic E-state index is -0.285. The lowest BCUT2D eigenvalue weighted by Gasteiger charge is -2.25. The molecule has 5 nitrogen and oxygen atoms in total. The molecule has 0 bridgehead atoms. The molecule has 6 heteroatoms. The van der Waals surface area contributed by atoms with Crippen LogP contribution in [0.15, 0.2) is 53.6 Å². The number of benzene rings is 2. The molecule has 1 heterocycles. The Morgan fingerprint density at radius 2 is 2.00 bits per heavy atom. The number of nitrogens with one attached hydrogen (secondary N) is 1. The van der Waals surface area contributed by atoms with E-state index in [-0.39, 0.29) is 5.91 Å². The molecular weight excluding hydrogens is 324 g/mol. The Kier molecular flexibility index (Phi) is 5.38. The topological polar surface area (TPSA) is 59.9 Å². The van der Waals surface area contributed by atoms with Gasteiger partial charge in [0.25, 0.3) is 5.91 Å². The average molecular weight is 342 g/mol. The molecule has 2 aromatic rings. The second-order valence-corrected chi connectivity index (χ2v) is 6.35. The fourth-order valence-electron chi connectivity index (χ4n) is 2.10. The molecule has 0 atom stereocenters. The van der Waals surface area contributed by atoms with E-state index in [1.807, 2.05) is 36.0 Å². The molecule has 0 radical (unpaired) electrons. The SMILES string of the molecule is COc1cccc(C(=O)N/N=C/c2ccc(OC3CSC3)cc2)c1. The highest BCUT2D eigenvalue weighted by Gasteiger charge is 2.19. The molecule has 0 spiro atoms. The Labute approximate surface area is 145 Å². The molecule has 0 unspecified atom stereocenters. The number of methoxy groups -OCH3 is 1. The van der Waals surface area contributed by atoms with Gasteiger partial charge in [0.2, 0.25) is 0 Å². The van der Waals surface area contributed by atoms with E-state index in [0.717, 1.165) is 22.8 Å². The van der Waals surface area contributed by atoms with Crippen molar-refractivity contribution in [2.24, 2.45) is 5.10 Å². The van der Waals surface area contributed by atoms with Gasteiger partial charge in [-0.3, -0.25) is 4.79 Å². The van der Waals surface area contributed by atoms with Crippen LogP contribution >= 0.6 is 11.8 Å². The van der Waals surface area contributed by atoms with Crippen molar-refractivity contribution >= 4 is 23.9 Å². The van der Waals surface area contributed by atoms with Gasteiger partial charge in [0.05, 0.1) is 13.3 Å². The van der Waals surface area contributed by atoms with Crippen LogP contribution < -0.4 is 14.9 Å². The second kappa shape index (κ2) is 7.88. The van der Waals surface area contributed by atoms with E-state index < -0.39 is 0 Å². The van der Waals surface area contributed by atoms with E-state index in [1.165, 1.54) is 0 Å². The van der Waals surface area contributed by atoms with Crippen molar-refractivity contribution in [3.63, 3.8) is 0 Å². The van der Waals surface area contributed by atoms with Crippen LogP contribution in [0.3, 0.4) is 0 Å². The number of ether oxygens (including phenoxy) is 2. The second-order valence-electron chi connectivity index (χ2n) is 5.28. The lowest BCUT2D eigenvalue weighted by Crippen LogP contribution is -2.30. The van der Waals surface area contributed by atoms with Gasteiger partial charge in [0.1, 0.15) is 17.6 Å². The van der Waals surface area contributed by atoms with E-state index in [9.17, 15) is 4.79 Å². The van der Waals surface area contributed by atoms with Crippen molar-refractivity contribution in [2.75, 3.05) is 18.6 Å². The van der Waals surface area contributed by atoms with E-state index in [1.54, 1.807) is 37.6 Å². The Hall–Kier alpha value is -2.47. The largest absolute Gasteiger partial charge is 0.497 e. The molecule has 1 amide bonds. The first-order valence-electron chi connectivity index (χ1n) is 7.56. The summed E-state index contributed by atoms with van der Waals surface area (Å²) in [5, 5.41) is 3.98. The summed E-state index contributed by atoms with van der Waals surface area (Å²) in [4.78, 5) is 12.0. The average Bonchev–Trinajstić information content (AvgIpc) is 2.59. The van der Waals surface area contributed by atoms with Crippen molar-refractivity contribution in [1.29, 1.82) is 0 Å². The Morgan fingerprint density at radius 1 is 1.21 bits per heavy atom. The lowest BCUT2D eigenvalue weighted by atomic mass is 10.2. The van der Waals surface area contributed by atoms with Gasteiger partial charge < -0.3 is 9.47 Å². The zero-order chi connectivity index (χ0) is 16.8. The standard InChI is InChI=1S/C18H18N2O3S/c1-22-16-4-2-3-14(9-16)18(21)20-19-10-13-5-7-15(8-6-13)23-17-11-24-12-17/h2-10,17H,11-12H2,1H3,(H,20,21)/b19-10+. The quantitative estimate of drug-likeness (QED) is 0.648. The first-order valence-corrected chi connectivity index (χ1v) is 8.72. The molecule has 0 aromatic heterocycles. The minimum absolute atomic E-state index is 0.285. The first-order chi connectivity index (χ1) is 11.7. The van der Waals surface area contributed by atoms with Crippen LogP contribution in [0, 0.1) is 0 Å². The molecule has 24 heavy (non-hydrogen) atoms. The fraction of sp³-hybridized carbons (Fsp3) is 0.222. The predicted molar refractivity (Wildman–Crippen MR) is 96.2 cm³/mol. The summed E-state index contributed by atoms with van der Waals surface area (Å²) in [6, 6.07) is 14.5. The van der Waals surface area contributed by atoms with Crippen LogP contribution in [0.25, 0.3) is 0 Å². The maximum atomic E-state index is 12.0. The molecule has 1 fully saturated rings. The molecule has 2 aromatic carbocycles. The molecule has 0 aliphatic carbocycles. The van der Waals surface area contributed by atoms with Crippen molar-refractivity contribution in [1.82, 2.24) is 5.43 Å². The van der Waals surface area contributed by atoms with Gasteiger partial charge in [0.15, 0.2) is 0 Å². The van der Waals surface area contributed by atoms with Crippen LogP contribution in [0.5, 0.6) is 11.5 Å². The maximum absolute atomic E-state index is 12.0. The Balaban J connectivity index is 1.54. The van der Waals surface area contributed by atoms with Crippen LogP contribution in [0.2, 0.25) is 0 Å². The first kappa shape index (κ1) is 16.4. The normalized spacial score (nSPS) is 14.2. The number of carbonyl (C=O) groups is 1. The van der Waals surface area contributed by atoms with Gasteiger partial charge in [-0.15, -0.1) is 0 Å². The van der Waals surface area contributed by atoms with Gasteiger partial charge in [-0.1, -0.05) is 6.07 Å². The molecule has 0 saturated carbocycles. The minimum Gasteiger partial charge on any atom is -0.497 e. The fourth-order valence-corrected chi connectivity index (χ4v) is 2.67. The van der Waals surface area contributed by atoms with E-state index in [0.29, 0.717) is 17.4 Å². The highest BCUT2D eigenvalue weighted by Crippen LogP contribution is 2.23. The van der Waals surface area contributed by atoms with E-state index in [4.69, 9.17) is 9.47 Å². The van der Waals surface area contributed by atoms with Crippen LogP contribution in [0.1, 0.15) is 15.9 Å². The number of carbonyl (C=O) groups excluding carboxylic acids is 1. The summed E-state index contributed by atoms with van der Waals surface area (Å²) < 4.78 is 10.9. The maximum Gasteiger partial charge on any atom is 0.271 e. The number of amides is 1. The highest BCUT2D eigenvalue weighted by molar-refractivity contribution is 8.00. The van der Waals surface area contributed by atoms with Crippen molar-refractivity contribution < 1.29 is 14.3 Å². The smallest absolute Gasteiger partial charge is 0.271 e. The lowest BCUT2D eigenvalue weighted by molar-refractivity contribution is 0.0955. The molecule has 1 aliphatic rings. The van der Waals surface area contributed by atoms with Crippen molar-refractivity contribution in [2.45, 2.75) is 6.10 Å². The van der Waals surface area contributed by atoms with Gasteiger partial charge in [-0.05, 0) is 48.0 Å². The number of thioether (sulfide) groups is 1. The molecule has 1 N–H and O–H groups in total. The van der Waals surface area contributed by atoms with Crippen LogP contribution in [-0.4, -0.2) is 36.8 Å². The monoisotopic (exact) mass is 342 g/mol. The van der Waals surface area contributed by atoms with Crippen LogP contribution in [-0.2, 0) is 0 Å². The summed E-state index contributed by atoms with van der Waals surface area (Å²) >= 11 is 1.89. The molecule has 3 rings (SSSR count). The molecule has 1 aliphatic heterocycles. The van der Waals surface area contributed by atoms with E-state index in [2.05, 4.69) is 10.5 Å².